The summed E-state index contributed by atoms with van der Waals surface area (Å²) >= 11 is 0. The summed E-state index contributed by atoms with van der Waals surface area (Å²) in [4.78, 5) is 2.44. The number of rotatable bonds is 4. The second kappa shape index (κ2) is 6.25. The summed E-state index contributed by atoms with van der Waals surface area (Å²) in [6.45, 7) is 6.80. The van der Waals surface area contributed by atoms with Crippen LogP contribution in [0.15, 0.2) is 42.5 Å². The van der Waals surface area contributed by atoms with Crippen LogP contribution in [0.1, 0.15) is 6.92 Å². The molecule has 1 heterocycles. The third kappa shape index (κ3) is 2.79. The van der Waals surface area contributed by atoms with Crippen LogP contribution in [0.25, 0.3) is 10.8 Å². The minimum atomic E-state index is 0.419. The highest BCUT2D eigenvalue weighted by Gasteiger charge is 2.17. The molecule has 3 heteroatoms. The highest BCUT2D eigenvalue weighted by molar-refractivity contribution is 5.94. The fraction of sp³-hybridized carbons (Fsp3) is 0.412. The van der Waals surface area contributed by atoms with Crippen LogP contribution in [0.2, 0.25) is 0 Å². The van der Waals surface area contributed by atoms with E-state index in [1.165, 1.54) is 16.5 Å². The van der Waals surface area contributed by atoms with Crippen LogP contribution < -0.4 is 10.2 Å². The van der Waals surface area contributed by atoms with Gasteiger partial charge in [-0.25, -0.2) is 0 Å². The Kier molecular flexibility index (Phi) is 4.19. The summed E-state index contributed by atoms with van der Waals surface area (Å²) in [5.74, 6) is 0. The first-order valence-electron chi connectivity index (χ1n) is 7.42. The first-order valence-corrected chi connectivity index (χ1v) is 7.42. The number of anilines is 1. The lowest BCUT2D eigenvalue weighted by atomic mass is 10.1. The Morgan fingerprint density at radius 1 is 1.20 bits per heavy atom. The third-order valence-corrected chi connectivity index (χ3v) is 3.93. The molecule has 3 rings (SSSR count). The molecule has 0 aromatic heterocycles. The average molecular weight is 270 g/mol. The van der Waals surface area contributed by atoms with Crippen molar-refractivity contribution in [1.82, 2.24) is 5.32 Å². The van der Waals surface area contributed by atoms with Crippen molar-refractivity contribution in [3.8, 4) is 0 Å². The van der Waals surface area contributed by atoms with Gasteiger partial charge in [0.2, 0.25) is 0 Å². The van der Waals surface area contributed by atoms with Gasteiger partial charge in [0.05, 0.1) is 13.2 Å². The van der Waals surface area contributed by atoms with Crippen molar-refractivity contribution < 1.29 is 4.74 Å². The van der Waals surface area contributed by atoms with Gasteiger partial charge in [0.25, 0.3) is 0 Å². The molecular weight excluding hydrogens is 248 g/mol. The number of hydrogen-bond acceptors (Lipinski definition) is 3. The largest absolute Gasteiger partial charge is 0.378 e. The molecule has 0 amide bonds. The van der Waals surface area contributed by atoms with Gasteiger partial charge in [-0.2, -0.15) is 0 Å². The van der Waals surface area contributed by atoms with Gasteiger partial charge >= 0.3 is 0 Å². The molecule has 2 aromatic carbocycles. The highest BCUT2D eigenvalue weighted by atomic mass is 16.5. The molecular formula is C17H22N2O. The Bertz CT molecular complexity index is 558. The zero-order chi connectivity index (χ0) is 13.8. The van der Waals surface area contributed by atoms with Gasteiger partial charge in [-0.3, -0.25) is 0 Å². The van der Waals surface area contributed by atoms with Crippen molar-refractivity contribution in [3.63, 3.8) is 0 Å². The number of nitrogens with one attached hydrogen (secondary N) is 1. The molecule has 3 nitrogen and oxygen atoms in total. The van der Waals surface area contributed by atoms with Gasteiger partial charge in [0.1, 0.15) is 0 Å². The SMILES string of the molecule is CCN(CC1COCCN1)c1cccc2ccccc12. The first kappa shape index (κ1) is 13.4. The fourth-order valence-electron chi connectivity index (χ4n) is 2.88. The van der Waals surface area contributed by atoms with E-state index in [9.17, 15) is 0 Å². The fourth-order valence-corrected chi connectivity index (χ4v) is 2.88. The first-order chi connectivity index (χ1) is 9.88. The van der Waals surface area contributed by atoms with Gasteiger partial charge in [-0.15, -0.1) is 0 Å². The van der Waals surface area contributed by atoms with Gasteiger partial charge in [-0.1, -0.05) is 36.4 Å². The average Bonchev–Trinajstić information content (AvgIpc) is 2.53. The molecule has 1 unspecified atom stereocenters. The number of likely N-dealkylation sites (N-methyl/N-ethyl adjacent to an activating group) is 1. The molecule has 20 heavy (non-hydrogen) atoms. The van der Waals surface area contributed by atoms with Crippen LogP contribution in [0, 0.1) is 0 Å². The van der Waals surface area contributed by atoms with E-state index in [1.54, 1.807) is 0 Å². The van der Waals surface area contributed by atoms with Crippen molar-refractivity contribution in [2.45, 2.75) is 13.0 Å². The molecule has 1 saturated heterocycles. The van der Waals surface area contributed by atoms with Crippen molar-refractivity contribution in [3.05, 3.63) is 42.5 Å². The molecule has 1 N–H and O–H groups in total. The second-order valence-corrected chi connectivity index (χ2v) is 5.26. The lowest BCUT2D eigenvalue weighted by Gasteiger charge is -2.32. The predicted octanol–water partition coefficient (Wildman–Crippen LogP) is 2.65. The summed E-state index contributed by atoms with van der Waals surface area (Å²) in [6, 6.07) is 15.5. The van der Waals surface area contributed by atoms with Crippen LogP contribution >= 0.6 is 0 Å². The number of benzene rings is 2. The molecule has 1 aliphatic rings. The van der Waals surface area contributed by atoms with E-state index in [0.717, 1.165) is 32.8 Å². The smallest absolute Gasteiger partial charge is 0.0637 e. The van der Waals surface area contributed by atoms with Crippen LogP contribution in [0.5, 0.6) is 0 Å². The summed E-state index contributed by atoms with van der Waals surface area (Å²) < 4.78 is 5.56. The van der Waals surface area contributed by atoms with Crippen LogP contribution in [0.3, 0.4) is 0 Å². The number of nitrogens with zero attached hydrogens (tertiary/aromatic N) is 1. The zero-order valence-corrected chi connectivity index (χ0v) is 12.0. The van der Waals surface area contributed by atoms with E-state index < -0.39 is 0 Å². The standard InChI is InChI=1S/C17H22N2O/c1-2-19(12-15-13-20-11-10-18-15)17-9-5-7-14-6-3-4-8-16(14)17/h3-9,15,18H,2,10-13H2,1H3. The summed E-state index contributed by atoms with van der Waals surface area (Å²) in [5, 5.41) is 6.16. The van der Waals surface area contributed by atoms with Crippen LogP contribution in [-0.4, -0.2) is 38.9 Å². The van der Waals surface area contributed by atoms with E-state index in [4.69, 9.17) is 4.74 Å². The highest BCUT2D eigenvalue weighted by Crippen LogP contribution is 2.26. The lowest BCUT2D eigenvalue weighted by Crippen LogP contribution is -2.48. The number of morpholine rings is 1. The molecule has 0 bridgehead atoms. The lowest BCUT2D eigenvalue weighted by molar-refractivity contribution is 0.0788. The molecule has 1 atom stereocenters. The van der Waals surface area contributed by atoms with Crippen molar-refractivity contribution in [2.75, 3.05) is 37.7 Å². The van der Waals surface area contributed by atoms with Gasteiger partial charge < -0.3 is 15.0 Å². The minimum absolute atomic E-state index is 0.419. The number of ether oxygens (including phenoxy) is 1. The molecule has 1 fully saturated rings. The third-order valence-electron chi connectivity index (χ3n) is 3.93. The molecule has 0 aliphatic carbocycles. The normalized spacial score (nSPS) is 19.1. The Labute approximate surface area is 120 Å². The molecule has 0 saturated carbocycles. The Morgan fingerprint density at radius 3 is 2.85 bits per heavy atom. The maximum atomic E-state index is 5.56. The van der Waals surface area contributed by atoms with E-state index >= 15 is 0 Å². The van der Waals surface area contributed by atoms with Crippen LogP contribution in [0.4, 0.5) is 5.69 Å². The van der Waals surface area contributed by atoms with Crippen molar-refractivity contribution in [1.29, 1.82) is 0 Å². The van der Waals surface area contributed by atoms with E-state index in [2.05, 4.69) is 59.6 Å². The van der Waals surface area contributed by atoms with Gasteiger partial charge in [0, 0.05) is 36.7 Å². The predicted molar refractivity (Wildman–Crippen MR) is 84.4 cm³/mol. The van der Waals surface area contributed by atoms with Crippen molar-refractivity contribution in [2.24, 2.45) is 0 Å². The maximum Gasteiger partial charge on any atom is 0.0637 e. The van der Waals surface area contributed by atoms with E-state index in [0.29, 0.717) is 6.04 Å². The second-order valence-electron chi connectivity index (χ2n) is 5.26. The molecule has 2 aromatic rings. The zero-order valence-electron chi connectivity index (χ0n) is 12.0. The Balaban J connectivity index is 1.86. The van der Waals surface area contributed by atoms with Crippen LogP contribution in [-0.2, 0) is 4.74 Å². The summed E-state index contributed by atoms with van der Waals surface area (Å²) in [5.41, 5.74) is 1.32. The van der Waals surface area contributed by atoms with Gasteiger partial charge in [0.15, 0.2) is 0 Å². The molecule has 0 radical (unpaired) electrons. The number of hydrogen-bond donors (Lipinski definition) is 1. The Hall–Kier alpha value is -1.58. The summed E-state index contributed by atoms with van der Waals surface area (Å²) in [6.07, 6.45) is 0. The molecule has 0 spiro atoms. The number of fused-ring (bicyclic) bond motifs is 1. The van der Waals surface area contributed by atoms with Gasteiger partial charge in [-0.05, 0) is 18.4 Å². The van der Waals surface area contributed by atoms with E-state index in [-0.39, 0.29) is 0 Å². The topological polar surface area (TPSA) is 24.5 Å². The maximum absolute atomic E-state index is 5.56. The van der Waals surface area contributed by atoms with E-state index in [1.807, 2.05) is 0 Å². The summed E-state index contributed by atoms with van der Waals surface area (Å²) in [7, 11) is 0. The Morgan fingerprint density at radius 2 is 2.05 bits per heavy atom. The minimum Gasteiger partial charge on any atom is -0.378 e. The molecule has 106 valence electrons. The van der Waals surface area contributed by atoms with Crippen molar-refractivity contribution >= 4 is 16.5 Å². The molecule has 1 aliphatic heterocycles. The quantitative estimate of drug-likeness (QED) is 0.924. The monoisotopic (exact) mass is 270 g/mol.